The second kappa shape index (κ2) is 6.15. The molecule has 0 aromatic carbocycles. The number of aromatic nitrogens is 1. The molecule has 1 N–H and O–H groups in total. The van der Waals surface area contributed by atoms with Gasteiger partial charge in [0.2, 0.25) is 0 Å². The number of rotatable bonds is 4. The van der Waals surface area contributed by atoms with Crippen LogP contribution in [-0.2, 0) is 0 Å². The van der Waals surface area contributed by atoms with Crippen LogP contribution in [0.3, 0.4) is 0 Å². The van der Waals surface area contributed by atoms with Crippen LogP contribution in [0.15, 0.2) is 18.5 Å². The lowest BCUT2D eigenvalue weighted by Crippen LogP contribution is -2.09. The van der Waals surface area contributed by atoms with Crippen molar-refractivity contribution in [2.24, 2.45) is 5.92 Å². The van der Waals surface area contributed by atoms with E-state index in [1.165, 1.54) is 32.1 Å². The van der Waals surface area contributed by atoms with Gasteiger partial charge in [-0.2, -0.15) is 0 Å². The van der Waals surface area contributed by atoms with Gasteiger partial charge in [0.15, 0.2) is 0 Å². The first kappa shape index (κ1) is 12.6. The molecule has 0 bridgehead atoms. The summed E-state index contributed by atoms with van der Waals surface area (Å²) >= 11 is 0. The fraction of sp³-hybridized carbons (Fsp3) is 0.667. The van der Waals surface area contributed by atoms with E-state index in [0.717, 1.165) is 29.9 Å². The van der Waals surface area contributed by atoms with Crippen LogP contribution in [-0.4, -0.2) is 10.1 Å². The van der Waals surface area contributed by atoms with Crippen LogP contribution in [0.25, 0.3) is 0 Å². The molecule has 1 aromatic rings. The first-order chi connectivity index (χ1) is 8.27. The molecule has 1 unspecified atom stereocenters. The van der Waals surface area contributed by atoms with Crippen LogP contribution in [0.2, 0.25) is 0 Å². The van der Waals surface area contributed by atoms with Crippen molar-refractivity contribution in [1.82, 2.24) is 4.98 Å². The molecule has 17 heavy (non-hydrogen) atoms. The topological polar surface area (TPSA) is 33.1 Å². The Bertz CT molecular complexity index is 345. The maximum Gasteiger partial charge on any atom is 0.0807 e. The number of pyridine rings is 1. The van der Waals surface area contributed by atoms with Gasteiger partial charge in [-0.15, -0.1) is 0 Å². The molecule has 0 radical (unpaired) electrons. The predicted octanol–water partition coefficient (Wildman–Crippen LogP) is 3.78. The molecule has 1 heterocycles. The van der Waals surface area contributed by atoms with E-state index in [0.29, 0.717) is 0 Å². The van der Waals surface area contributed by atoms with Gasteiger partial charge in [-0.05, 0) is 37.3 Å². The highest BCUT2D eigenvalue weighted by atomic mass is 16.3. The van der Waals surface area contributed by atoms with Gasteiger partial charge < -0.3 is 5.11 Å². The van der Waals surface area contributed by atoms with Crippen LogP contribution < -0.4 is 0 Å². The lowest BCUT2D eigenvalue weighted by Gasteiger charge is -2.23. The summed E-state index contributed by atoms with van der Waals surface area (Å²) in [6, 6.07) is 1.97. The van der Waals surface area contributed by atoms with Crippen molar-refractivity contribution >= 4 is 0 Å². The molecular weight excluding hydrogens is 210 g/mol. The van der Waals surface area contributed by atoms with Gasteiger partial charge in [0.1, 0.15) is 0 Å². The van der Waals surface area contributed by atoms with Crippen molar-refractivity contribution in [1.29, 1.82) is 0 Å². The Labute approximate surface area is 104 Å². The van der Waals surface area contributed by atoms with E-state index in [-0.39, 0.29) is 6.10 Å². The predicted molar refractivity (Wildman–Crippen MR) is 69.7 cm³/mol. The van der Waals surface area contributed by atoms with Crippen LogP contribution in [0, 0.1) is 12.8 Å². The molecular formula is C15H23NO. The zero-order chi connectivity index (χ0) is 12.1. The summed E-state index contributed by atoms with van der Waals surface area (Å²) < 4.78 is 0. The van der Waals surface area contributed by atoms with Gasteiger partial charge in [0.25, 0.3) is 0 Å². The molecule has 1 atom stereocenters. The third-order valence-electron chi connectivity index (χ3n) is 4.01. The third kappa shape index (κ3) is 3.53. The smallest absolute Gasteiger partial charge is 0.0807 e. The molecule has 0 amide bonds. The molecule has 0 saturated heterocycles. The first-order valence-corrected chi connectivity index (χ1v) is 6.86. The summed E-state index contributed by atoms with van der Waals surface area (Å²) in [5, 5.41) is 10.2. The molecule has 1 aliphatic carbocycles. The minimum atomic E-state index is -0.328. The van der Waals surface area contributed by atoms with E-state index >= 15 is 0 Å². The number of hydrogen-bond donors (Lipinski definition) is 1. The molecule has 2 nitrogen and oxygen atoms in total. The first-order valence-electron chi connectivity index (χ1n) is 6.86. The number of aliphatic hydroxyl groups is 1. The molecule has 94 valence electrons. The molecule has 2 heteroatoms. The summed E-state index contributed by atoms with van der Waals surface area (Å²) in [6.45, 7) is 2.04. The van der Waals surface area contributed by atoms with Crippen molar-refractivity contribution in [2.75, 3.05) is 0 Å². The quantitative estimate of drug-likeness (QED) is 0.858. The Kier molecular flexibility index (Phi) is 4.55. The van der Waals surface area contributed by atoms with E-state index < -0.39 is 0 Å². The van der Waals surface area contributed by atoms with Crippen molar-refractivity contribution in [2.45, 2.75) is 58.0 Å². The van der Waals surface area contributed by atoms with E-state index in [9.17, 15) is 5.11 Å². The second-order valence-corrected chi connectivity index (χ2v) is 5.33. The van der Waals surface area contributed by atoms with Gasteiger partial charge in [-0.25, -0.2) is 0 Å². The Morgan fingerprint density at radius 3 is 2.82 bits per heavy atom. The number of hydrogen-bond acceptors (Lipinski definition) is 2. The molecule has 1 saturated carbocycles. The Balaban J connectivity index is 1.84. The molecule has 1 fully saturated rings. The highest BCUT2D eigenvalue weighted by Crippen LogP contribution is 2.30. The maximum atomic E-state index is 10.2. The number of aliphatic hydroxyl groups excluding tert-OH is 1. The van der Waals surface area contributed by atoms with Gasteiger partial charge in [-0.3, -0.25) is 4.98 Å². The molecule has 0 aliphatic heterocycles. The summed E-state index contributed by atoms with van der Waals surface area (Å²) in [5.41, 5.74) is 2.15. The molecule has 2 rings (SSSR count). The number of nitrogens with zero attached hydrogens (tertiary/aromatic N) is 1. The summed E-state index contributed by atoms with van der Waals surface area (Å²) in [5.74, 6) is 0.843. The van der Waals surface area contributed by atoms with Gasteiger partial charge in [0.05, 0.1) is 6.10 Å². The summed E-state index contributed by atoms with van der Waals surface area (Å²) in [4.78, 5) is 4.10. The molecule has 1 aliphatic rings. The zero-order valence-electron chi connectivity index (χ0n) is 10.7. The second-order valence-electron chi connectivity index (χ2n) is 5.33. The Morgan fingerprint density at radius 1 is 1.35 bits per heavy atom. The minimum absolute atomic E-state index is 0.328. The van der Waals surface area contributed by atoms with Crippen LogP contribution >= 0.6 is 0 Å². The lowest BCUT2D eigenvalue weighted by molar-refractivity contribution is 0.150. The van der Waals surface area contributed by atoms with Crippen molar-refractivity contribution in [3.05, 3.63) is 29.6 Å². The van der Waals surface area contributed by atoms with Gasteiger partial charge >= 0.3 is 0 Å². The average molecular weight is 233 g/mol. The van der Waals surface area contributed by atoms with E-state index in [1.54, 1.807) is 12.4 Å². The van der Waals surface area contributed by atoms with Gasteiger partial charge in [-0.1, -0.05) is 32.1 Å². The van der Waals surface area contributed by atoms with E-state index in [2.05, 4.69) is 4.98 Å². The number of aryl methyl sites for hydroxylation is 1. The van der Waals surface area contributed by atoms with Crippen molar-refractivity contribution in [3.63, 3.8) is 0 Å². The average Bonchev–Trinajstić information content (AvgIpc) is 2.38. The van der Waals surface area contributed by atoms with Crippen molar-refractivity contribution < 1.29 is 5.11 Å². The molecule has 0 spiro atoms. The Hall–Kier alpha value is -0.890. The van der Waals surface area contributed by atoms with Crippen molar-refractivity contribution in [3.8, 4) is 0 Å². The monoisotopic (exact) mass is 233 g/mol. The van der Waals surface area contributed by atoms with E-state index in [1.807, 2.05) is 13.0 Å². The lowest BCUT2D eigenvalue weighted by atomic mass is 9.85. The van der Waals surface area contributed by atoms with Crippen LogP contribution in [0.4, 0.5) is 0 Å². The van der Waals surface area contributed by atoms with Crippen LogP contribution in [0.5, 0.6) is 0 Å². The largest absolute Gasteiger partial charge is 0.388 e. The third-order valence-corrected chi connectivity index (χ3v) is 4.01. The summed E-state index contributed by atoms with van der Waals surface area (Å²) in [7, 11) is 0. The fourth-order valence-electron chi connectivity index (χ4n) is 2.85. The minimum Gasteiger partial charge on any atom is -0.388 e. The highest BCUT2D eigenvalue weighted by molar-refractivity contribution is 5.23. The zero-order valence-corrected chi connectivity index (χ0v) is 10.7. The normalized spacial score (nSPS) is 19.2. The fourth-order valence-corrected chi connectivity index (χ4v) is 2.85. The SMILES string of the molecule is Cc1ccncc1C(O)CCC1CCCCC1. The van der Waals surface area contributed by atoms with Crippen LogP contribution in [0.1, 0.15) is 62.2 Å². The molecule has 1 aromatic heterocycles. The standard InChI is InChI=1S/C15H23NO/c1-12-9-10-16-11-14(12)15(17)8-7-13-5-3-2-4-6-13/h9-11,13,15,17H,2-8H2,1H3. The highest BCUT2D eigenvalue weighted by Gasteiger charge is 2.16. The van der Waals surface area contributed by atoms with Gasteiger partial charge in [0, 0.05) is 18.0 Å². The Morgan fingerprint density at radius 2 is 2.12 bits per heavy atom. The summed E-state index contributed by atoms with van der Waals surface area (Å²) in [6.07, 6.45) is 12.2. The maximum absolute atomic E-state index is 10.2. The van der Waals surface area contributed by atoms with E-state index in [4.69, 9.17) is 0 Å².